The second kappa shape index (κ2) is 5.35. The molecule has 0 N–H and O–H groups in total. The minimum absolute atomic E-state index is 0.874. The average Bonchev–Trinajstić information content (AvgIpc) is 3.47. The maximum Gasteiger partial charge on any atom is 0.147 e. The average molecular weight is 396 g/mol. The van der Waals surface area contributed by atoms with Gasteiger partial charge in [-0.25, -0.2) is 4.98 Å². The zero-order chi connectivity index (χ0) is 20.1. The topological polar surface area (TPSA) is 43.1 Å². The fourth-order valence-electron chi connectivity index (χ4n) is 5.63. The van der Waals surface area contributed by atoms with Crippen LogP contribution in [0.25, 0.3) is 49.8 Å². The first-order valence-electron chi connectivity index (χ1n) is 10.6. The smallest absolute Gasteiger partial charge is 0.147 e. The van der Waals surface area contributed by atoms with Crippen LogP contribution in [0.1, 0.15) is 22.4 Å². The Bertz CT molecular complexity index is 1740. The molecule has 0 spiro atoms. The lowest BCUT2D eigenvalue weighted by molar-refractivity contribution is 1.15. The van der Waals surface area contributed by atoms with Gasteiger partial charge in [-0.05, 0) is 58.5 Å². The highest BCUT2D eigenvalue weighted by atomic mass is 15.0. The van der Waals surface area contributed by atoms with Gasteiger partial charge in [0.2, 0.25) is 0 Å². The molecule has 0 fully saturated rings. The number of aromatic nitrogens is 4. The number of rotatable bonds is 0. The summed E-state index contributed by atoms with van der Waals surface area (Å²) < 4.78 is 2.31. The Balaban J connectivity index is 1.52. The quantitative estimate of drug-likeness (QED) is 0.315. The van der Waals surface area contributed by atoms with Crippen molar-refractivity contribution >= 4 is 27.5 Å². The van der Waals surface area contributed by atoms with Crippen LogP contribution >= 0.6 is 0 Å². The van der Waals surface area contributed by atoms with E-state index in [9.17, 15) is 0 Å². The van der Waals surface area contributed by atoms with Gasteiger partial charge in [0.1, 0.15) is 5.65 Å². The van der Waals surface area contributed by atoms with Crippen LogP contribution in [0.3, 0.4) is 0 Å². The summed E-state index contributed by atoms with van der Waals surface area (Å²) in [5.74, 6) is 0. The zero-order valence-electron chi connectivity index (χ0n) is 16.6. The summed E-state index contributed by atoms with van der Waals surface area (Å²) in [5, 5.41) is 2.15. The van der Waals surface area contributed by atoms with Crippen LogP contribution in [0.2, 0.25) is 0 Å². The van der Waals surface area contributed by atoms with Gasteiger partial charge in [-0.2, -0.15) is 0 Å². The Morgan fingerprint density at radius 2 is 1.68 bits per heavy atom. The number of hydrogen-bond acceptors (Lipinski definition) is 3. The molecule has 0 aliphatic heterocycles. The Labute approximate surface area is 177 Å². The summed E-state index contributed by atoms with van der Waals surface area (Å²) in [6, 6.07) is 19.8. The van der Waals surface area contributed by atoms with Crippen LogP contribution in [0, 0.1) is 0 Å². The molecule has 0 radical (unpaired) electrons. The zero-order valence-corrected chi connectivity index (χ0v) is 16.6. The van der Waals surface area contributed by atoms with Gasteiger partial charge in [-0.1, -0.05) is 30.3 Å². The summed E-state index contributed by atoms with van der Waals surface area (Å²) in [6.07, 6.45) is 7.51. The summed E-state index contributed by atoms with van der Waals surface area (Å²) in [4.78, 5) is 14.2. The van der Waals surface area contributed by atoms with Crippen LogP contribution in [0.4, 0.5) is 0 Å². The molecule has 2 aliphatic carbocycles. The summed E-state index contributed by atoms with van der Waals surface area (Å²) in [6.45, 7) is 0. The Morgan fingerprint density at radius 3 is 2.68 bits per heavy atom. The first-order chi connectivity index (χ1) is 15.4. The van der Waals surface area contributed by atoms with E-state index in [0.717, 1.165) is 46.0 Å². The first kappa shape index (κ1) is 15.7. The van der Waals surface area contributed by atoms with Crippen molar-refractivity contribution in [2.24, 2.45) is 0 Å². The van der Waals surface area contributed by atoms with E-state index in [1.807, 2.05) is 30.7 Å². The molecule has 0 unspecified atom stereocenters. The lowest BCUT2D eigenvalue weighted by Crippen LogP contribution is -1.96. The molecule has 6 aromatic rings. The second-order valence-electron chi connectivity index (χ2n) is 8.54. The van der Waals surface area contributed by atoms with Gasteiger partial charge in [0, 0.05) is 41.3 Å². The molecule has 0 amide bonds. The van der Waals surface area contributed by atoms with Crippen molar-refractivity contribution in [2.45, 2.75) is 12.8 Å². The Kier molecular flexibility index (Phi) is 2.72. The van der Waals surface area contributed by atoms with E-state index >= 15 is 0 Å². The molecule has 144 valence electrons. The van der Waals surface area contributed by atoms with Gasteiger partial charge in [0.05, 0.1) is 22.4 Å². The molecule has 0 bridgehead atoms. The second-order valence-corrected chi connectivity index (χ2v) is 8.54. The number of fused-ring (bicyclic) bond motifs is 13. The highest BCUT2D eigenvalue weighted by Crippen LogP contribution is 2.46. The van der Waals surface area contributed by atoms with Crippen molar-refractivity contribution in [3.63, 3.8) is 0 Å². The molecule has 0 atom stereocenters. The third-order valence-corrected chi connectivity index (χ3v) is 6.92. The fraction of sp³-hybridized carbons (Fsp3) is 0.0741. The van der Waals surface area contributed by atoms with E-state index in [1.165, 1.54) is 39.1 Å². The van der Waals surface area contributed by atoms with Gasteiger partial charge in [-0.3, -0.25) is 14.4 Å². The van der Waals surface area contributed by atoms with Crippen molar-refractivity contribution in [3.05, 3.63) is 95.6 Å². The molecular formula is C27H16N4. The molecule has 0 saturated carbocycles. The van der Waals surface area contributed by atoms with Gasteiger partial charge in [-0.15, -0.1) is 0 Å². The third kappa shape index (κ3) is 1.88. The monoisotopic (exact) mass is 396 g/mol. The molecule has 2 aliphatic rings. The van der Waals surface area contributed by atoms with Crippen molar-refractivity contribution in [2.75, 3.05) is 0 Å². The largest absolute Gasteiger partial charge is 0.290 e. The summed E-state index contributed by atoms with van der Waals surface area (Å²) >= 11 is 0. The molecule has 4 heterocycles. The predicted octanol–water partition coefficient (Wildman–Crippen LogP) is 5.57. The van der Waals surface area contributed by atoms with E-state index in [0.29, 0.717) is 0 Å². The lowest BCUT2D eigenvalue weighted by atomic mass is 9.99. The van der Waals surface area contributed by atoms with Crippen molar-refractivity contribution in [3.8, 4) is 22.4 Å². The van der Waals surface area contributed by atoms with Gasteiger partial charge < -0.3 is 0 Å². The minimum atomic E-state index is 0.874. The summed E-state index contributed by atoms with van der Waals surface area (Å²) in [5.41, 5.74) is 13.7. The molecule has 4 aromatic heterocycles. The van der Waals surface area contributed by atoms with Gasteiger partial charge >= 0.3 is 0 Å². The number of benzene rings is 2. The third-order valence-electron chi connectivity index (χ3n) is 6.92. The molecule has 8 rings (SSSR count). The van der Waals surface area contributed by atoms with Crippen LogP contribution in [-0.4, -0.2) is 19.4 Å². The fourth-order valence-corrected chi connectivity index (χ4v) is 5.63. The predicted molar refractivity (Wildman–Crippen MR) is 122 cm³/mol. The van der Waals surface area contributed by atoms with E-state index in [2.05, 4.69) is 51.8 Å². The number of imidazole rings is 1. The highest BCUT2D eigenvalue weighted by Gasteiger charge is 2.30. The number of hydrogen-bond donors (Lipinski definition) is 0. The van der Waals surface area contributed by atoms with Gasteiger partial charge in [0.15, 0.2) is 0 Å². The van der Waals surface area contributed by atoms with E-state index in [-0.39, 0.29) is 0 Å². The van der Waals surface area contributed by atoms with Crippen LogP contribution in [0.5, 0.6) is 0 Å². The van der Waals surface area contributed by atoms with Crippen LogP contribution < -0.4 is 0 Å². The molecule has 31 heavy (non-hydrogen) atoms. The number of nitrogens with zero attached hydrogens (tertiary/aromatic N) is 4. The lowest BCUT2D eigenvalue weighted by Gasteiger charge is -2.11. The van der Waals surface area contributed by atoms with Crippen LogP contribution in [0.15, 0.2) is 73.2 Å². The van der Waals surface area contributed by atoms with E-state index in [1.54, 1.807) is 0 Å². The van der Waals surface area contributed by atoms with Crippen molar-refractivity contribution in [1.82, 2.24) is 19.4 Å². The normalized spacial score (nSPS) is 13.5. The van der Waals surface area contributed by atoms with Crippen molar-refractivity contribution < 1.29 is 0 Å². The molecular weight excluding hydrogens is 380 g/mol. The number of pyridine rings is 3. The minimum Gasteiger partial charge on any atom is -0.290 e. The van der Waals surface area contributed by atoms with E-state index < -0.39 is 0 Å². The maximum absolute atomic E-state index is 5.13. The molecule has 2 aromatic carbocycles. The maximum atomic E-state index is 5.13. The Morgan fingerprint density at radius 1 is 0.742 bits per heavy atom. The SMILES string of the molecule is c1ccc2c(c1)Cc1cc3c(cc1-2)-c1c(nc2c4cnccc4c4ncccc4n12)C3. The standard InChI is InChI=1S/C27H16N4/c1-2-5-18-15(4-1)10-16-11-17-12-23-26(21(17)13-20(16)18)31-24-6-3-8-29-25(24)19-7-9-28-14-22(19)27(31)30-23/h1-9,11,13-14H,10,12H2. The van der Waals surface area contributed by atoms with Crippen molar-refractivity contribution in [1.29, 1.82) is 0 Å². The Hall–Kier alpha value is -4.05. The first-order valence-corrected chi connectivity index (χ1v) is 10.6. The van der Waals surface area contributed by atoms with E-state index in [4.69, 9.17) is 9.97 Å². The summed E-state index contributed by atoms with van der Waals surface area (Å²) in [7, 11) is 0. The molecule has 4 heteroatoms. The molecule has 4 nitrogen and oxygen atoms in total. The molecule has 0 saturated heterocycles. The highest BCUT2D eigenvalue weighted by molar-refractivity contribution is 6.10. The van der Waals surface area contributed by atoms with Crippen LogP contribution in [-0.2, 0) is 12.8 Å². The van der Waals surface area contributed by atoms with Gasteiger partial charge in [0.25, 0.3) is 0 Å².